The van der Waals surface area contributed by atoms with Crippen molar-refractivity contribution in [1.82, 2.24) is 10.4 Å². The molecule has 110 valence electrons. The summed E-state index contributed by atoms with van der Waals surface area (Å²) in [6, 6.07) is 11.4. The van der Waals surface area contributed by atoms with Crippen molar-refractivity contribution in [2.24, 2.45) is 5.84 Å². The minimum Gasteiger partial charge on any atom is -0.487 e. The Morgan fingerprint density at radius 3 is 2.76 bits per heavy atom. The number of benzene rings is 1. The fourth-order valence-corrected chi connectivity index (χ4v) is 1.85. The molecule has 0 saturated carbocycles. The first-order valence-electron chi connectivity index (χ1n) is 6.79. The van der Waals surface area contributed by atoms with Crippen LogP contribution in [0.2, 0.25) is 0 Å². The highest BCUT2D eigenvalue weighted by atomic mass is 16.5. The largest absolute Gasteiger partial charge is 0.487 e. The number of carbonyl (C=O) groups excluding carboxylic acids is 1. The van der Waals surface area contributed by atoms with Crippen molar-refractivity contribution in [3.05, 3.63) is 59.4 Å². The average Bonchev–Trinajstić information content (AvgIpc) is 2.53. The lowest BCUT2D eigenvalue weighted by Gasteiger charge is -2.10. The number of nitrogen functional groups attached to an aromatic ring is 1. The summed E-state index contributed by atoms with van der Waals surface area (Å²) in [6.45, 7) is 4.63. The van der Waals surface area contributed by atoms with Gasteiger partial charge in [-0.25, -0.2) is 5.84 Å². The summed E-state index contributed by atoms with van der Waals surface area (Å²) in [5.74, 6) is 5.97. The van der Waals surface area contributed by atoms with Gasteiger partial charge in [-0.05, 0) is 35.7 Å². The van der Waals surface area contributed by atoms with Gasteiger partial charge in [0, 0.05) is 6.20 Å². The van der Waals surface area contributed by atoms with E-state index in [1.807, 2.05) is 18.2 Å². The zero-order valence-electron chi connectivity index (χ0n) is 12.2. The van der Waals surface area contributed by atoms with Gasteiger partial charge in [-0.3, -0.25) is 15.2 Å². The Morgan fingerprint density at radius 1 is 1.33 bits per heavy atom. The quantitative estimate of drug-likeness (QED) is 0.502. The lowest BCUT2D eigenvalue weighted by Crippen LogP contribution is -2.30. The van der Waals surface area contributed by atoms with Gasteiger partial charge in [0.2, 0.25) is 0 Å². The van der Waals surface area contributed by atoms with Crippen LogP contribution in [0.25, 0.3) is 0 Å². The van der Waals surface area contributed by atoms with Gasteiger partial charge in [0.1, 0.15) is 12.4 Å². The number of carbonyl (C=O) groups is 1. The van der Waals surface area contributed by atoms with Crippen molar-refractivity contribution in [2.45, 2.75) is 26.4 Å². The van der Waals surface area contributed by atoms with E-state index in [2.05, 4.69) is 30.3 Å². The van der Waals surface area contributed by atoms with Gasteiger partial charge in [0.15, 0.2) is 0 Å². The fourth-order valence-electron chi connectivity index (χ4n) is 1.85. The standard InChI is InChI=1S/C16H19N3O2/c1-11(2)12-4-3-5-15(8-12)21-10-14-7-6-13(9-18-14)16(20)19-17/h3-9,11H,10,17H2,1-2H3,(H,19,20). The second-order valence-electron chi connectivity index (χ2n) is 5.03. The highest BCUT2D eigenvalue weighted by Gasteiger charge is 2.05. The SMILES string of the molecule is CC(C)c1cccc(OCc2ccc(C(=O)NN)cn2)c1. The topological polar surface area (TPSA) is 77.2 Å². The van der Waals surface area contributed by atoms with Crippen LogP contribution in [-0.4, -0.2) is 10.9 Å². The molecular weight excluding hydrogens is 266 g/mol. The number of nitrogens with zero attached hydrogens (tertiary/aromatic N) is 1. The lowest BCUT2D eigenvalue weighted by molar-refractivity contribution is 0.0953. The van der Waals surface area contributed by atoms with Gasteiger partial charge >= 0.3 is 0 Å². The second kappa shape index (κ2) is 6.85. The van der Waals surface area contributed by atoms with E-state index < -0.39 is 0 Å². The van der Waals surface area contributed by atoms with Crippen LogP contribution in [-0.2, 0) is 6.61 Å². The highest BCUT2D eigenvalue weighted by Crippen LogP contribution is 2.20. The maximum Gasteiger partial charge on any atom is 0.266 e. The maximum absolute atomic E-state index is 11.3. The molecule has 3 N–H and O–H groups in total. The Balaban J connectivity index is 2.00. The number of nitrogens with one attached hydrogen (secondary N) is 1. The zero-order chi connectivity index (χ0) is 15.2. The molecule has 0 fully saturated rings. The molecule has 0 radical (unpaired) electrons. The molecule has 0 aliphatic rings. The van der Waals surface area contributed by atoms with Crippen molar-refractivity contribution in [1.29, 1.82) is 0 Å². The summed E-state index contributed by atoms with van der Waals surface area (Å²) >= 11 is 0. The molecule has 0 aliphatic heterocycles. The van der Waals surface area contributed by atoms with Crippen LogP contribution >= 0.6 is 0 Å². The van der Waals surface area contributed by atoms with E-state index in [9.17, 15) is 4.79 Å². The van der Waals surface area contributed by atoms with Gasteiger partial charge in [-0.15, -0.1) is 0 Å². The fraction of sp³-hybridized carbons (Fsp3) is 0.250. The predicted molar refractivity (Wildman–Crippen MR) is 80.8 cm³/mol. The molecule has 1 heterocycles. The molecule has 5 nitrogen and oxygen atoms in total. The molecule has 1 aromatic heterocycles. The third kappa shape index (κ3) is 4.03. The van der Waals surface area contributed by atoms with Gasteiger partial charge in [-0.1, -0.05) is 26.0 Å². The van der Waals surface area contributed by atoms with Crippen LogP contribution in [0, 0.1) is 0 Å². The molecule has 0 unspecified atom stereocenters. The van der Waals surface area contributed by atoms with E-state index >= 15 is 0 Å². The average molecular weight is 285 g/mol. The van der Waals surface area contributed by atoms with Crippen LogP contribution < -0.4 is 16.0 Å². The minimum atomic E-state index is -0.361. The molecule has 1 amide bonds. The number of pyridine rings is 1. The first-order valence-corrected chi connectivity index (χ1v) is 6.79. The van der Waals surface area contributed by atoms with Gasteiger partial charge in [0.05, 0.1) is 11.3 Å². The van der Waals surface area contributed by atoms with E-state index in [1.165, 1.54) is 11.8 Å². The Labute approximate surface area is 124 Å². The summed E-state index contributed by atoms with van der Waals surface area (Å²) in [6.07, 6.45) is 1.48. The Morgan fingerprint density at radius 2 is 2.14 bits per heavy atom. The summed E-state index contributed by atoms with van der Waals surface area (Å²) in [5, 5.41) is 0. The van der Waals surface area contributed by atoms with Gasteiger partial charge in [0.25, 0.3) is 5.91 Å². The molecule has 0 spiro atoms. The van der Waals surface area contributed by atoms with Crippen molar-refractivity contribution >= 4 is 5.91 Å². The van der Waals surface area contributed by atoms with Crippen molar-refractivity contribution in [2.75, 3.05) is 0 Å². The minimum absolute atomic E-state index is 0.353. The van der Waals surface area contributed by atoms with Gasteiger partial charge in [-0.2, -0.15) is 0 Å². The van der Waals surface area contributed by atoms with Crippen LogP contribution in [0.1, 0.15) is 41.4 Å². The smallest absolute Gasteiger partial charge is 0.266 e. The number of hydrogen-bond donors (Lipinski definition) is 2. The van der Waals surface area contributed by atoms with E-state index in [0.717, 1.165) is 11.4 Å². The molecule has 2 rings (SSSR count). The monoisotopic (exact) mass is 285 g/mol. The van der Waals surface area contributed by atoms with E-state index in [1.54, 1.807) is 12.1 Å². The van der Waals surface area contributed by atoms with E-state index in [0.29, 0.717) is 18.1 Å². The summed E-state index contributed by atoms with van der Waals surface area (Å²) < 4.78 is 5.72. The van der Waals surface area contributed by atoms with Crippen molar-refractivity contribution in [3.8, 4) is 5.75 Å². The van der Waals surface area contributed by atoms with Crippen LogP contribution in [0.4, 0.5) is 0 Å². The normalized spacial score (nSPS) is 10.5. The maximum atomic E-state index is 11.3. The number of aromatic nitrogens is 1. The molecule has 1 aromatic carbocycles. The first-order chi connectivity index (χ1) is 10.1. The van der Waals surface area contributed by atoms with E-state index in [4.69, 9.17) is 10.6 Å². The van der Waals surface area contributed by atoms with Crippen molar-refractivity contribution in [3.63, 3.8) is 0 Å². The molecule has 0 bridgehead atoms. The third-order valence-corrected chi connectivity index (χ3v) is 3.13. The number of hydrazine groups is 1. The summed E-state index contributed by atoms with van der Waals surface area (Å²) in [5.41, 5.74) is 4.47. The van der Waals surface area contributed by atoms with E-state index in [-0.39, 0.29) is 5.91 Å². The number of rotatable bonds is 5. The van der Waals surface area contributed by atoms with Crippen LogP contribution in [0.15, 0.2) is 42.6 Å². The summed E-state index contributed by atoms with van der Waals surface area (Å²) in [7, 11) is 0. The third-order valence-electron chi connectivity index (χ3n) is 3.13. The molecule has 0 saturated heterocycles. The number of nitrogens with two attached hydrogens (primary N) is 1. The molecule has 2 aromatic rings. The lowest BCUT2D eigenvalue weighted by atomic mass is 10.0. The highest BCUT2D eigenvalue weighted by molar-refractivity contribution is 5.93. The molecule has 21 heavy (non-hydrogen) atoms. The molecule has 0 atom stereocenters. The molecule has 5 heteroatoms. The first kappa shape index (κ1) is 15.0. The molecule has 0 aliphatic carbocycles. The number of hydrogen-bond acceptors (Lipinski definition) is 4. The Hall–Kier alpha value is -2.40. The Kier molecular flexibility index (Phi) is 4.90. The second-order valence-corrected chi connectivity index (χ2v) is 5.03. The molecular formula is C16H19N3O2. The van der Waals surface area contributed by atoms with Crippen molar-refractivity contribution < 1.29 is 9.53 Å². The van der Waals surface area contributed by atoms with Crippen LogP contribution in [0.5, 0.6) is 5.75 Å². The predicted octanol–water partition coefficient (Wildman–Crippen LogP) is 2.39. The zero-order valence-corrected chi connectivity index (χ0v) is 12.2. The Bertz CT molecular complexity index is 609. The summed E-state index contributed by atoms with van der Waals surface area (Å²) in [4.78, 5) is 15.5. The van der Waals surface area contributed by atoms with Gasteiger partial charge < -0.3 is 4.74 Å². The van der Waals surface area contributed by atoms with Crippen LogP contribution in [0.3, 0.4) is 0 Å². The number of ether oxygens (including phenoxy) is 1. The number of amides is 1.